The van der Waals surface area contributed by atoms with Gasteiger partial charge < -0.3 is 10.4 Å². The van der Waals surface area contributed by atoms with Crippen molar-refractivity contribution in [3.63, 3.8) is 0 Å². The third-order valence-electron chi connectivity index (χ3n) is 3.45. The van der Waals surface area contributed by atoms with Gasteiger partial charge in [-0.25, -0.2) is 9.79 Å². The van der Waals surface area contributed by atoms with Gasteiger partial charge in [-0.05, 0) is 54.1 Å². The van der Waals surface area contributed by atoms with Crippen LogP contribution in [0, 0.1) is 6.92 Å². The van der Waals surface area contributed by atoms with E-state index in [1.165, 1.54) is 23.9 Å². The van der Waals surface area contributed by atoms with Crippen molar-refractivity contribution in [3.05, 3.63) is 70.1 Å². The topological polar surface area (TPSA) is 78.8 Å². The zero-order valence-electron chi connectivity index (χ0n) is 12.8. The number of hydrogen-bond acceptors (Lipinski definition) is 4. The molecule has 120 valence electrons. The average molecular weight is 338 g/mol. The number of carboxylic acids is 1. The fraction of sp³-hybridized carbons (Fsp3) is 0.0556. The Kier molecular flexibility index (Phi) is 4.48. The highest BCUT2D eigenvalue weighted by Gasteiger charge is 2.24. The summed E-state index contributed by atoms with van der Waals surface area (Å²) in [4.78, 5) is 28.0. The number of aromatic carboxylic acids is 1. The minimum atomic E-state index is -1.01. The van der Waals surface area contributed by atoms with Crippen LogP contribution in [-0.4, -0.2) is 22.2 Å². The number of rotatable bonds is 3. The first kappa shape index (κ1) is 16.0. The summed E-state index contributed by atoms with van der Waals surface area (Å²) in [5, 5.41) is 12.1. The second-order valence-corrected chi connectivity index (χ2v) is 6.22. The van der Waals surface area contributed by atoms with Crippen molar-refractivity contribution in [1.82, 2.24) is 5.32 Å². The number of hydrogen-bond donors (Lipinski definition) is 2. The third-order valence-corrected chi connectivity index (χ3v) is 4.36. The molecule has 2 N–H and O–H groups in total. The van der Waals surface area contributed by atoms with Gasteiger partial charge in [0, 0.05) is 0 Å². The number of carbonyl (C=O) groups is 2. The summed E-state index contributed by atoms with van der Waals surface area (Å²) in [5.74, 6) is -1.23. The zero-order valence-corrected chi connectivity index (χ0v) is 13.6. The largest absolute Gasteiger partial charge is 0.478 e. The number of nitrogens with one attached hydrogen (secondary N) is 1. The van der Waals surface area contributed by atoms with Crippen molar-refractivity contribution in [2.75, 3.05) is 0 Å². The molecule has 1 aliphatic rings. The van der Waals surface area contributed by atoms with Crippen LogP contribution in [0.3, 0.4) is 0 Å². The molecule has 1 fully saturated rings. The van der Waals surface area contributed by atoms with E-state index in [9.17, 15) is 9.59 Å². The van der Waals surface area contributed by atoms with Gasteiger partial charge in [0.2, 0.25) is 0 Å². The van der Waals surface area contributed by atoms with E-state index in [4.69, 9.17) is 5.11 Å². The molecule has 1 saturated heterocycles. The van der Waals surface area contributed by atoms with Gasteiger partial charge in [-0.2, -0.15) is 0 Å². The molecule has 0 atom stereocenters. The fourth-order valence-corrected chi connectivity index (χ4v) is 3.03. The van der Waals surface area contributed by atoms with Crippen LogP contribution in [0.1, 0.15) is 21.5 Å². The van der Waals surface area contributed by atoms with Crippen LogP contribution in [-0.2, 0) is 4.79 Å². The highest BCUT2D eigenvalue weighted by atomic mass is 32.2. The van der Waals surface area contributed by atoms with Crippen LogP contribution in [0.15, 0.2) is 58.4 Å². The number of aliphatic imine (C=N–C) groups is 1. The highest BCUT2D eigenvalue weighted by Crippen LogP contribution is 2.28. The number of carboxylic acid groups (broad SMARTS) is 1. The van der Waals surface area contributed by atoms with Gasteiger partial charge in [0.15, 0.2) is 5.17 Å². The first-order chi connectivity index (χ1) is 11.5. The van der Waals surface area contributed by atoms with E-state index in [-0.39, 0.29) is 11.5 Å². The lowest BCUT2D eigenvalue weighted by molar-refractivity contribution is -0.115. The summed E-state index contributed by atoms with van der Waals surface area (Å²) in [6.07, 6.45) is 1.82. The van der Waals surface area contributed by atoms with Crippen molar-refractivity contribution in [3.8, 4) is 0 Å². The number of amides is 1. The maximum Gasteiger partial charge on any atom is 0.335 e. The van der Waals surface area contributed by atoms with Gasteiger partial charge >= 0.3 is 5.97 Å². The lowest BCUT2D eigenvalue weighted by Gasteiger charge is -1.99. The molecule has 3 rings (SSSR count). The Morgan fingerprint density at radius 1 is 1.21 bits per heavy atom. The fourth-order valence-electron chi connectivity index (χ4n) is 2.20. The predicted molar refractivity (Wildman–Crippen MR) is 95.4 cm³/mol. The molecule has 0 bridgehead atoms. The van der Waals surface area contributed by atoms with E-state index in [2.05, 4.69) is 10.3 Å². The molecule has 1 aliphatic heterocycles. The first-order valence-electron chi connectivity index (χ1n) is 7.21. The zero-order chi connectivity index (χ0) is 17.1. The Morgan fingerprint density at radius 3 is 2.75 bits per heavy atom. The van der Waals surface area contributed by atoms with E-state index in [0.29, 0.717) is 15.8 Å². The average Bonchev–Trinajstić information content (AvgIpc) is 2.89. The van der Waals surface area contributed by atoms with E-state index >= 15 is 0 Å². The van der Waals surface area contributed by atoms with Crippen molar-refractivity contribution in [2.24, 2.45) is 4.99 Å². The number of aryl methyl sites for hydroxylation is 1. The summed E-state index contributed by atoms with van der Waals surface area (Å²) in [6, 6.07) is 14.1. The summed E-state index contributed by atoms with van der Waals surface area (Å²) in [6.45, 7) is 1.98. The van der Waals surface area contributed by atoms with Gasteiger partial charge in [0.05, 0.1) is 16.2 Å². The Balaban J connectivity index is 1.86. The summed E-state index contributed by atoms with van der Waals surface area (Å²) in [5.41, 5.74) is 2.69. The maximum atomic E-state index is 12.1. The smallest absolute Gasteiger partial charge is 0.335 e. The molecular formula is C18H14N2O3S. The number of amidine groups is 1. The molecule has 5 nitrogen and oxygen atoms in total. The van der Waals surface area contributed by atoms with Gasteiger partial charge in [0.1, 0.15) is 0 Å². The summed E-state index contributed by atoms with van der Waals surface area (Å²) in [7, 11) is 0. The van der Waals surface area contributed by atoms with Gasteiger partial charge in [-0.1, -0.05) is 30.3 Å². The molecule has 1 amide bonds. The van der Waals surface area contributed by atoms with Gasteiger partial charge in [0.25, 0.3) is 5.91 Å². The Bertz CT molecular complexity index is 887. The van der Waals surface area contributed by atoms with Gasteiger partial charge in [-0.3, -0.25) is 4.79 Å². The molecule has 0 spiro atoms. The van der Waals surface area contributed by atoms with Crippen molar-refractivity contribution >= 4 is 40.6 Å². The minimum Gasteiger partial charge on any atom is -0.478 e. The van der Waals surface area contributed by atoms with Crippen molar-refractivity contribution in [2.45, 2.75) is 6.92 Å². The van der Waals surface area contributed by atoms with E-state index in [0.717, 1.165) is 11.1 Å². The van der Waals surface area contributed by atoms with E-state index < -0.39 is 5.97 Å². The molecule has 0 aliphatic carbocycles. The Hall–Kier alpha value is -2.86. The van der Waals surface area contributed by atoms with E-state index in [1.54, 1.807) is 12.1 Å². The number of nitrogens with zero attached hydrogens (tertiary/aromatic N) is 1. The lowest BCUT2D eigenvalue weighted by Crippen LogP contribution is -2.19. The minimum absolute atomic E-state index is 0.154. The van der Waals surface area contributed by atoms with Crippen LogP contribution in [0.4, 0.5) is 5.69 Å². The molecule has 0 unspecified atom stereocenters. The molecule has 24 heavy (non-hydrogen) atoms. The molecule has 0 aromatic heterocycles. The molecular weight excluding hydrogens is 324 g/mol. The first-order valence-corrected chi connectivity index (χ1v) is 8.03. The van der Waals surface area contributed by atoms with Crippen LogP contribution >= 0.6 is 11.8 Å². The van der Waals surface area contributed by atoms with Crippen LogP contribution < -0.4 is 5.32 Å². The number of benzene rings is 2. The predicted octanol–water partition coefficient (Wildman–Crippen LogP) is 3.58. The Morgan fingerprint density at radius 2 is 2.00 bits per heavy atom. The quantitative estimate of drug-likeness (QED) is 0.838. The monoisotopic (exact) mass is 338 g/mol. The lowest BCUT2D eigenvalue weighted by atomic mass is 10.1. The van der Waals surface area contributed by atoms with Crippen molar-refractivity contribution < 1.29 is 14.7 Å². The second-order valence-electron chi connectivity index (χ2n) is 5.19. The standard InChI is InChI=1S/C18H14N2O3S/c1-11-5-2-3-6-12(11)10-15-16(21)20-18(24-15)19-14-8-4-7-13(9-14)17(22)23/h2-10H,1H3,(H,22,23)(H,19,20,21)/b15-10-. The SMILES string of the molecule is Cc1ccccc1/C=C1\SC(=Nc2cccc(C(=O)O)c2)NC1=O. The molecule has 0 radical (unpaired) electrons. The number of thioether (sulfide) groups is 1. The molecule has 1 heterocycles. The second kappa shape index (κ2) is 6.72. The molecule has 0 saturated carbocycles. The van der Waals surface area contributed by atoms with Gasteiger partial charge in [-0.15, -0.1) is 0 Å². The molecule has 6 heteroatoms. The number of carbonyl (C=O) groups excluding carboxylic acids is 1. The van der Waals surface area contributed by atoms with Crippen LogP contribution in [0.2, 0.25) is 0 Å². The Labute approximate surface area is 143 Å². The molecule has 2 aromatic carbocycles. The van der Waals surface area contributed by atoms with Crippen LogP contribution in [0.25, 0.3) is 6.08 Å². The third kappa shape index (κ3) is 3.55. The maximum absolute atomic E-state index is 12.1. The van der Waals surface area contributed by atoms with Crippen LogP contribution in [0.5, 0.6) is 0 Å². The molecule has 2 aromatic rings. The van der Waals surface area contributed by atoms with E-state index in [1.807, 2.05) is 37.3 Å². The summed E-state index contributed by atoms with van der Waals surface area (Å²) < 4.78 is 0. The van der Waals surface area contributed by atoms with Crippen molar-refractivity contribution in [1.29, 1.82) is 0 Å². The summed E-state index contributed by atoms with van der Waals surface area (Å²) >= 11 is 1.23. The highest BCUT2D eigenvalue weighted by molar-refractivity contribution is 8.18. The normalized spacial score (nSPS) is 17.3.